The molecule has 0 aliphatic carbocycles. The first kappa shape index (κ1) is 19.2. The molecule has 2 rings (SSSR count). The summed E-state index contributed by atoms with van der Waals surface area (Å²) in [5.74, 6) is 1.12. The maximum absolute atomic E-state index is 12.9. The van der Waals surface area contributed by atoms with E-state index in [-0.39, 0.29) is 11.9 Å². The molecule has 0 saturated heterocycles. The Bertz CT molecular complexity index is 672. The molecule has 1 unspecified atom stereocenters. The highest BCUT2D eigenvalue weighted by Crippen LogP contribution is 2.13. The molecule has 0 aliphatic heterocycles. The Labute approximate surface area is 152 Å². The fraction of sp³-hybridized carbons (Fsp3) is 0.444. The smallest absolute Gasteiger partial charge is 0.191 e. The van der Waals surface area contributed by atoms with Gasteiger partial charge in [-0.05, 0) is 45.0 Å². The van der Waals surface area contributed by atoms with Crippen LogP contribution in [0.5, 0.6) is 5.75 Å². The van der Waals surface area contributed by atoms with Gasteiger partial charge in [0.15, 0.2) is 5.96 Å². The summed E-state index contributed by atoms with van der Waals surface area (Å²) in [4.78, 5) is 8.99. The molecule has 1 aromatic heterocycles. The van der Waals surface area contributed by atoms with E-state index in [2.05, 4.69) is 26.0 Å². The van der Waals surface area contributed by atoms with Crippen LogP contribution in [0.1, 0.15) is 24.5 Å². The molecule has 1 aromatic carbocycles. The zero-order valence-electron chi connectivity index (χ0n) is 14.9. The average Bonchev–Trinajstić information content (AvgIpc) is 3.00. The summed E-state index contributed by atoms with van der Waals surface area (Å²) in [6.07, 6.45) is 0.748. The summed E-state index contributed by atoms with van der Waals surface area (Å²) in [6.45, 7) is 8.03. The second kappa shape index (κ2) is 9.98. The molecule has 0 radical (unpaired) electrons. The third-order valence-corrected chi connectivity index (χ3v) is 4.16. The predicted octanol–water partition coefficient (Wildman–Crippen LogP) is 3.16. The van der Waals surface area contributed by atoms with E-state index in [1.807, 2.05) is 20.8 Å². The van der Waals surface area contributed by atoms with Crippen molar-refractivity contribution in [3.8, 4) is 5.75 Å². The minimum Gasteiger partial charge on any atom is -0.489 e. The molecule has 0 saturated carbocycles. The maximum Gasteiger partial charge on any atom is 0.191 e. The molecule has 1 atom stereocenters. The molecular weight excluding hydrogens is 339 g/mol. The van der Waals surface area contributed by atoms with Gasteiger partial charge in [0, 0.05) is 24.9 Å². The van der Waals surface area contributed by atoms with Crippen molar-refractivity contribution in [1.29, 1.82) is 0 Å². The third kappa shape index (κ3) is 7.09. The largest absolute Gasteiger partial charge is 0.489 e. The topological polar surface area (TPSA) is 58.5 Å². The van der Waals surface area contributed by atoms with Crippen molar-refractivity contribution in [1.82, 2.24) is 15.6 Å². The van der Waals surface area contributed by atoms with E-state index in [0.29, 0.717) is 12.3 Å². The Balaban J connectivity index is 1.79. The lowest BCUT2D eigenvalue weighted by Crippen LogP contribution is -2.39. The summed E-state index contributed by atoms with van der Waals surface area (Å²) >= 11 is 1.66. The van der Waals surface area contributed by atoms with Crippen LogP contribution < -0.4 is 15.4 Å². The molecule has 2 aromatic rings. The standard InChI is InChI=1S/C18H25FN4OS/c1-4-20-18(21-10-9-16-12-25-14(3)23-16)22-11-13(2)24-17-7-5-15(19)6-8-17/h5-8,12-13H,4,9-11H2,1-3H3,(H2,20,21,22). The van der Waals surface area contributed by atoms with Crippen LogP contribution >= 0.6 is 11.3 Å². The van der Waals surface area contributed by atoms with Crippen LogP contribution in [-0.4, -0.2) is 36.7 Å². The number of halogens is 1. The summed E-state index contributed by atoms with van der Waals surface area (Å²) in [5.41, 5.74) is 1.10. The molecular formula is C18H25FN4OS. The number of thiazole rings is 1. The SMILES string of the molecule is CCNC(=NCC(C)Oc1ccc(F)cc1)NCCc1csc(C)n1. The van der Waals surface area contributed by atoms with E-state index >= 15 is 0 Å². The second-order valence-corrected chi connectivity index (χ2v) is 6.70. The molecule has 5 nitrogen and oxygen atoms in total. The number of aliphatic imine (C=N–C) groups is 1. The summed E-state index contributed by atoms with van der Waals surface area (Å²) < 4.78 is 18.6. The van der Waals surface area contributed by atoms with Crippen LogP contribution in [0.3, 0.4) is 0 Å². The molecule has 0 aliphatic rings. The number of ether oxygens (including phenoxy) is 1. The lowest BCUT2D eigenvalue weighted by molar-refractivity contribution is 0.230. The van der Waals surface area contributed by atoms with E-state index in [1.165, 1.54) is 12.1 Å². The highest BCUT2D eigenvalue weighted by Gasteiger charge is 2.05. The molecule has 0 amide bonds. The average molecular weight is 364 g/mol. The van der Waals surface area contributed by atoms with Gasteiger partial charge in [-0.25, -0.2) is 14.4 Å². The van der Waals surface area contributed by atoms with Crippen molar-refractivity contribution in [3.63, 3.8) is 0 Å². The van der Waals surface area contributed by atoms with Gasteiger partial charge in [-0.2, -0.15) is 0 Å². The molecule has 0 bridgehead atoms. The summed E-state index contributed by atoms with van der Waals surface area (Å²) in [5, 5.41) is 9.69. The Kier molecular flexibility index (Phi) is 7.66. The Hall–Kier alpha value is -2.15. The van der Waals surface area contributed by atoms with Crippen molar-refractivity contribution >= 4 is 17.3 Å². The van der Waals surface area contributed by atoms with Crippen molar-refractivity contribution in [2.24, 2.45) is 4.99 Å². The summed E-state index contributed by atoms with van der Waals surface area (Å²) in [7, 11) is 0. The zero-order valence-corrected chi connectivity index (χ0v) is 15.7. The number of aromatic nitrogens is 1. The predicted molar refractivity (Wildman–Crippen MR) is 101 cm³/mol. The van der Waals surface area contributed by atoms with Crippen molar-refractivity contribution in [2.45, 2.75) is 33.3 Å². The summed E-state index contributed by atoms with van der Waals surface area (Å²) in [6, 6.07) is 6.01. The van der Waals surface area contributed by atoms with Gasteiger partial charge in [-0.3, -0.25) is 0 Å². The molecule has 7 heteroatoms. The number of hydrogen-bond donors (Lipinski definition) is 2. The fourth-order valence-electron chi connectivity index (χ4n) is 2.18. The van der Waals surface area contributed by atoms with E-state index in [9.17, 15) is 4.39 Å². The lowest BCUT2D eigenvalue weighted by Gasteiger charge is -2.15. The number of guanidine groups is 1. The van der Waals surface area contributed by atoms with Crippen LogP contribution in [0.4, 0.5) is 4.39 Å². The molecule has 0 fully saturated rings. The van der Waals surface area contributed by atoms with Gasteiger partial charge in [-0.15, -0.1) is 11.3 Å². The number of benzene rings is 1. The van der Waals surface area contributed by atoms with Gasteiger partial charge in [-0.1, -0.05) is 0 Å². The first-order valence-corrected chi connectivity index (χ1v) is 9.30. The number of nitrogens with zero attached hydrogens (tertiary/aromatic N) is 2. The van der Waals surface area contributed by atoms with Crippen LogP contribution in [0.15, 0.2) is 34.6 Å². The van der Waals surface area contributed by atoms with Gasteiger partial charge in [0.05, 0.1) is 17.2 Å². The van der Waals surface area contributed by atoms with E-state index in [1.54, 1.807) is 23.5 Å². The van der Waals surface area contributed by atoms with Gasteiger partial charge in [0.2, 0.25) is 0 Å². The van der Waals surface area contributed by atoms with Gasteiger partial charge < -0.3 is 15.4 Å². The first-order chi connectivity index (χ1) is 12.1. The minimum atomic E-state index is -0.271. The first-order valence-electron chi connectivity index (χ1n) is 8.42. The highest BCUT2D eigenvalue weighted by molar-refractivity contribution is 7.09. The number of hydrogen-bond acceptors (Lipinski definition) is 4. The van der Waals surface area contributed by atoms with Crippen LogP contribution in [-0.2, 0) is 6.42 Å². The van der Waals surface area contributed by atoms with Crippen LogP contribution in [0, 0.1) is 12.7 Å². The molecule has 0 spiro atoms. The molecule has 1 heterocycles. The fourth-order valence-corrected chi connectivity index (χ4v) is 2.82. The third-order valence-electron chi connectivity index (χ3n) is 3.34. The molecule has 25 heavy (non-hydrogen) atoms. The Morgan fingerprint density at radius 1 is 1.32 bits per heavy atom. The number of aryl methyl sites for hydroxylation is 1. The van der Waals surface area contributed by atoms with Gasteiger partial charge >= 0.3 is 0 Å². The zero-order chi connectivity index (χ0) is 18.1. The maximum atomic E-state index is 12.9. The molecule has 2 N–H and O–H groups in total. The normalized spacial score (nSPS) is 12.7. The highest BCUT2D eigenvalue weighted by atomic mass is 32.1. The van der Waals surface area contributed by atoms with Crippen molar-refractivity contribution in [2.75, 3.05) is 19.6 Å². The van der Waals surface area contributed by atoms with Gasteiger partial charge in [0.25, 0.3) is 0 Å². The minimum absolute atomic E-state index is 0.109. The van der Waals surface area contributed by atoms with E-state index in [0.717, 1.165) is 36.2 Å². The monoisotopic (exact) mass is 364 g/mol. The Morgan fingerprint density at radius 3 is 2.72 bits per heavy atom. The van der Waals surface area contributed by atoms with Crippen LogP contribution in [0.25, 0.3) is 0 Å². The number of rotatable bonds is 8. The van der Waals surface area contributed by atoms with Crippen molar-refractivity contribution < 1.29 is 9.13 Å². The Morgan fingerprint density at radius 2 is 2.08 bits per heavy atom. The van der Waals surface area contributed by atoms with Crippen molar-refractivity contribution in [3.05, 3.63) is 46.2 Å². The number of nitrogens with one attached hydrogen (secondary N) is 2. The van der Waals surface area contributed by atoms with Gasteiger partial charge in [0.1, 0.15) is 17.7 Å². The quantitative estimate of drug-likeness (QED) is 0.558. The van der Waals surface area contributed by atoms with E-state index in [4.69, 9.17) is 4.74 Å². The second-order valence-electron chi connectivity index (χ2n) is 5.64. The molecule has 136 valence electrons. The van der Waals surface area contributed by atoms with E-state index < -0.39 is 0 Å². The van der Waals surface area contributed by atoms with Crippen LogP contribution in [0.2, 0.25) is 0 Å². The lowest BCUT2D eigenvalue weighted by atomic mass is 10.3.